The molecule has 0 bridgehead atoms. The number of imidazole rings is 1. The molecule has 1 heterocycles. The van der Waals surface area contributed by atoms with E-state index in [1.165, 1.54) is 18.7 Å². The minimum atomic E-state index is -3.87. The maximum Gasteiger partial charge on any atom is 0.414 e. The first-order chi connectivity index (χ1) is 8.40. The summed E-state index contributed by atoms with van der Waals surface area (Å²) in [6.45, 7) is 5.59. The van der Waals surface area contributed by atoms with E-state index in [0.717, 1.165) is 20.7 Å². The third-order valence-electron chi connectivity index (χ3n) is 2.53. The lowest BCUT2D eigenvalue weighted by atomic mass is 10.1. The topological polar surface area (TPSA) is 61.2 Å². The van der Waals surface area contributed by atoms with Crippen molar-refractivity contribution >= 4 is 10.3 Å². The van der Waals surface area contributed by atoms with Crippen LogP contribution in [0, 0.1) is 20.8 Å². The van der Waals surface area contributed by atoms with Gasteiger partial charge in [0.1, 0.15) is 12.1 Å². The van der Waals surface area contributed by atoms with E-state index >= 15 is 0 Å². The number of benzene rings is 1. The van der Waals surface area contributed by atoms with E-state index in [1.807, 2.05) is 32.9 Å². The first-order valence-electron chi connectivity index (χ1n) is 5.41. The van der Waals surface area contributed by atoms with E-state index in [-0.39, 0.29) is 0 Å². The van der Waals surface area contributed by atoms with Crippen molar-refractivity contribution in [3.63, 3.8) is 0 Å². The van der Waals surface area contributed by atoms with Crippen LogP contribution in [0.25, 0.3) is 0 Å². The fraction of sp³-hybridized carbons (Fsp3) is 0.250. The van der Waals surface area contributed by atoms with Crippen LogP contribution in [0.1, 0.15) is 16.7 Å². The predicted octanol–water partition coefficient (Wildman–Crippen LogP) is 1.98. The second kappa shape index (κ2) is 4.45. The first kappa shape index (κ1) is 12.6. The largest absolute Gasteiger partial charge is 0.414 e. The van der Waals surface area contributed by atoms with E-state index in [9.17, 15) is 8.42 Å². The molecule has 0 saturated heterocycles. The lowest BCUT2D eigenvalue weighted by Crippen LogP contribution is -2.18. The Morgan fingerprint density at radius 2 is 1.78 bits per heavy atom. The lowest BCUT2D eigenvalue weighted by molar-refractivity contribution is 0.472. The van der Waals surface area contributed by atoms with Crippen LogP contribution in [0.15, 0.2) is 30.9 Å². The number of hydrogen-bond acceptors (Lipinski definition) is 4. The molecule has 0 aliphatic carbocycles. The summed E-state index contributed by atoms with van der Waals surface area (Å²) in [4.78, 5) is 3.69. The minimum absolute atomic E-state index is 0.370. The van der Waals surface area contributed by atoms with Gasteiger partial charge in [0.15, 0.2) is 0 Å². The maximum absolute atomic E-state index is 12.0. The van der Waals surface area contributed by atoms with Crippen LogP contribution in [0.5, 0.6) is 5.75 Å². The van der Waals surface area contributed by atoms with Gasteiger partial charge in [-0.15, -0.1) is 0 Å². The van der Waals surface area contributed by atoms with Gasteiger partial charge in [-0.25, -0.2) is 8.96 Å². The summed E-state index contributed by atoms with van der Waals surface area (Å²) >= 11 is 0. The van der Waals surface area contributed by atoms with E-state index in [1.54, 1.807) is 0 Å². The fourth-order valence-electron chi connectivity index (χ4n) is 1.83. The van der Waals surface area contributed by atoms with Gasteiger partial charge < -0.3 is 4.18 Å². The Bertz CT molecular complexity index is 638. The molecular formula is C12H14N2O3S. The van der Waals surface area contributed by atoms with Gasteiger partial charge in [0.2, 0.25) is 0 Å². The van der Waals surface area contributed by atoms with E-state index in [2.05, 4.69) is 4.98 Å². The molecule has 0 radical (unpaired) electrons. The van der Waals surface area contributed by atoms with Gasteiger partial charge in [-0.05, 0) is 31.9 Å². The quantitative estimate of drug-likeness (QED) is 0.852. The summed E-state index contributed by atoms with van der Waals surface area (Å²) in [6.07, 6.45) is 3.90. The molecule has 2 rings (SSSR count). The SMILES string of the molecule is Cc1cc(C)c(OS(=O)(=O)n2ccnc2)c(C)c1. The minimum Gasteiger partial charge on any atom is -0.366 e. The molecule has 0 aliphatic heterocycles. The van der Waals surface area contributed by atoms with Gasteiger partial charge in [0.05, 0.1) is 0 Å². The van der Waals surface area contributed by atoms with Crippen LogP contribution in [0.2, 0.25) is 0 Å². The fourth-order valence-corrected chi connectivity index (χ4v) is 2.76. The van der Waals surface area contributed by atoms with Crippen molar-refractivity contribution in [2.24, 2.45) is 0 Å². The monoisotopic (exact) mass is 266 g/mol. The van der Waals surface area contributed by atoms with Gasteiger partial charge in [0.25, 0.3) is 0 Å². The van der Waals surface area contributed by atoms with Crippen LogP contribution in [0.3, 0.4) is 0 Å². The summed E-state index contributed by atoms with van der Waals surface area (Å²) < 4.78 is 30.0. The highest BCUT2D eigenvalue weighted by atomic mass is 32.2. The molecule has 1 aromatic carbocycles. The molecule has 0 saturated carbocycles. The zero-order chi connectivity index (χ0) is 13.3. The number of nitrogens with zero attached hydrogens (tertiary/aromatic N) is 2. The average Bonchev–Trinajstić information content (AvgIpc) is 2.77. The van der Waals surface area contributed by atoms with Crippen molar-refractivity contribution < 1.29 is 12.6 Å². The van der Waals surface area contributed by atoms with E-state index in [0.29, 0.717) is 5.75 Å². The third-order valence-corrected chi connectivity index (χ3v) is 3.64. The molecular weight excluding hydrogens is 252 g/mol. The smallest absolute Gasteiger partial charge is 0.366 e. The first-order valence-corrected chi connectivity index (χ1v) is 6.77. The molecule has 96 valence electrons. The number of rotatable bonds is 3. The summed E-state index contributed by atoms with van der Waals surface area (Å²) in [6, 6.07) is 3.76. The second-order valence-corrected chi connectivity index (χ2v) is 5.61. The second-order valence-electron chi connectivity index (χ2n) is 4.16. The molecule has 0 unspecified atom stereocenters. The van der Waals surface area contributed by atoms with Crippen molar-refractivity contribution in [2.75, 3.05) is 0 Å². The standard InChI is InChI=1S/C12H14N2O3S/c1-9-6-10(2)12(11(3)7-9)17-18(15,16)14-5-4-13-8-14/h4-8H,1-3H3. The predicted molar refractivity (Wildman–Crippen MR) is 67.8 cm³/mol. The zero-order valence-electron chi connectivity index (χ0n) is 10.4. The average molecular weight is 266 g/mol. The number of hydrogen-bond donors (Lipinski definition) is 0. The summed E-state index contributed by atoms with van der Waals surface area (Å²) in [5.41, 5.74) is 2.64. The van der Waals surface area contributed by atoms with Crippen molar-refractivity contribution in [1.29, 1.82) is 0 Å². The van der Waals surface area contributed by atoms with Gasteiger partial charge in [-0.2, -0.15) is 8.42 Å². The number of aromatic nitrogens is 2. The Morgan fingerprint density at radius 3 is 2.28 bits per heavy atom. The van der Waals surface area contributed by atoms with Crippen molar-refractivity contribution in [2.45, 2.75) is 20.8 Å². The maximum atomic E-state index is 12.0. The Kier molecular flexibility index (Phi) is 3.13. The Morgan fingerprint density at radius 1 is 1.17 bits per heavy atom. The van der Waals surface area contributed by atoms with Gasteiger partial charge in [-0.3, -0.25) is 0 Å². The molecule has 1 aromatic heterocycles. The van der Waals surface area contributed by atoms with Gasteiger partial charge in [0, 0.05) is 12.4 Å². The molecule has 18 heavy (non-hydrogen) atoms. The summed E-state index contributed by atoms with van der Waals surface area (Å²) in [5, 5.41) is 0. The summed E-state index contributed by atoms with van der Waals surface area (Å²) in [5.74, 6) is 0.370. The van der Waals surface area contributed by atoms with Crippen LogP contribution < -0.4 is 4.18 Å². The molecule has 0 atom stereocenters. The third kappa shape index (κ3) is 2.38. The molecule has 2 aromatic rings. The molecule has 0 spiro atoms. The molecule has 5 nitrogen and oxygen atoms in total. The highest BCUT2D eigenvalue weighted by molar-refractivity contribution is 7.85. The Balaban J connectivity index is 2.42. The van der Waals surface area contributed by atoms with Gasteiger partial charge >= 0.3 is 10.3 Å². The number of aryl methyl sites for hydroxylation is 3. The molecule has 0 N–H and O–H groups in total. The van der Waals surface area contributed by atoms with Gasteiger partial charge in [-0.1, -0.05) is 17.7 Å². The van der Waals surface area contributed by atoms with Crippen molar-refractivity contribution in [1.82, 2.24) is 8.96 Å². The Labute approximate surface area is 106 Å². The Hall–Kier alpha value is -1.82. The zero-order valence-corrected chi connectivity index (χ0v) is 11.2. The molecule has 0 amide bonds. The van der Waals surface area contributed by atoms with E-state index in [4.69, 9.17) is 4.18 Å². The summed E-state index contributed by atoms with van der Waals surface area (Å²) in [7, 11) is -3.87. The van der Waals surface area contributed by atoms with Crippen LogP contribution in [0.4, 0.5) is 0 Å². The highest BCUT2D eigenvalue weighted by Gasteiger charge is 2.17. The van der Waals surface area contributed by atoms with Crippen molar-refractivity contribution in [3.8, 4) is 5.75 Å². The molecule has 0 fully saturated rings. The highest BCUT2D eigenvalue weighted by Crippen LogP contribution is 2.26. The van der Waals surface area contributed by atoms with E-state index < -0.39 is 10.3 Å². The lowest BCUT2D eigenvalue weighted by Gasteiger charge is -2.12. The van der Waals surface area contributed by atoms with Crippen LogP contribution in [-0.2, 0) is 10.3 Å². The normalized spacial score (nSPS) is 11.5. The van der Waals surface area contributed by atoms with Crippen LogP contribution in [-0.4, -0.2) is 17.4 Å². The molecule has 6 heteroatoms. The van der Waals surface area contributed by atoms with Crippen LogP contribution >= 0.6 is 0 Å². The van der Waals surface area contributed by atoms with Crippen molar-refractivity contribution in [3.05, 3.63) is 47.5 Å². The molecule has 0 aliphatic rings.